The van der Waals surface area contributed by atoms with Crippen LogP contribution in [0, 0.1) is 5.82 Å². The van der Waals surface area contributed by atoms with Crippen molar-refractivity contribution < 1.29 is 17.6 Å². The van der Waals surface area contributed by atoms with Crippen LogP contribution in [0.2, 0.25) is 0 Å². The first-order valence-electron chi connectivity index (χ1n) is 4.61. The van der Waals surface area contributed by atoms with Gasteiger partial charge < -0.3 is 0 Å². The van der Waals surface area contributed by atoms with Crippen molar-refractivity contribution in [2.24, 2.45) is 0 Å². The second kappa shape index (κ2) is 4.12. The fourth-order valence-corrected chi connectivity index (χ4v) is 1.31. The van der Waals surface area contributed by atoms with Crippen LogP contribution in [0.5, 0.6) is 0 Å². The number of pyridine rings is 2. The van der Waals surface area contributed by atoms with E-state index >= 15 is 0 Å². The summed E-state index contributed by atoms with van der Waals surface area (Å²) in [4.78, 5) is 7.22. The van der Waals surface area contributed by atoms with Gasteiger partial charge in [-0.25, -0.2) is 4.39 Å². The Morgan fingerprint density at radius 1 is 1.12 bits per heavy atom. The Balaban J connectivity index is 2.46. The Kier molecular flexibility index (Phi) is 2.79. The van der Waals surface area contributed by atoms with E-state index in [2.05, 4.69) is 9.97 Å². The van der Waals surface area contributed by atoms with Gasteiger partial charge in [-0.2, -0.15) is 13.2 Å². The van der Waals surface area contributed by atoms with Crippen LogP contribution in [0.3, 0.4) is 0 Å². The van der Waals surface area contributed by atoms with Crippen molar-refractivity contribution in [3.8, 4) is 11.3 Å². The van der Waals surface area contributed by atoms with Gasteiger partial charge in [0.05, 0.1) is 5.56 Å². The molecule has 0 unspecified atom stereocenters. The maximum absolute atomic E-state index is 13.5. The van der Waals surface area contributed by atoms with Gasteiger partial charge in [-0.1, -0.05) is 0 Å². The molecule has 0 saturated carbocycles. The third-order valence-electron chi connectivity index (χ3n) is 2.10. The number of halogens is 4. The van der Waals surface area contributed by atoms with Crippen LogP contribution in [0.15, 0.2) is 36.8 Å². The third kappa shape index (κ3) is 2.41. The van der Waals surface area contributed by atoms with E-state index in [9.17, 15) is 17.6 Å². The largest absolute Gasteiger partial charge is 0.417 e. The van der Waals surface area contributed by atoms with Gasteiger partial charge in [-0.15, -0.1) is 0 Å². The maximum Gasteiger partial charge on any atom is 0.417 e. The second-order valence-corrected chi connectivity index (χ2v) is 3.29. The smallest absolute Gasteiger partial charge is 0.264 e. The molecule has 0 aliphatic rings. The molecule has 2 aromatic rings. The Morgan fingerprint density at radius 2 is 1.88 bits per heavy atom. The molecular formula is C11H6F4N2. The zero-order chi connectivity index (χ0) is 12.5. The summed E-state index contributed by atoms with van der Waals surface area (Å²) in [6.07, 6.45) is -1.18. The Hall–Kier alpha value is -1.98. The fourth-order valence-electron chi connectivity index (χ4n) is 1.31. The van der Waals surface area contributed by atoms with Gasteiger partial charge in [0.2, 0.25) is 0 Å². The minimum atomic E-state index is -4.60. The Bertz CT molecular complexity index is 523. The van der Waals surface area contributed by atoms with Crippen molar-refractivity contribution in [1.29, 1.82) is 0 Å². The number of alkyl halides is 3. The number of hydrogen-bond donors (Lipinski definition) is 0. The van der Waals surface area contributed by atoms with Crippen LogP contribution in [-0.2, 0) is 6.18 Å². The quantitative estimate of drug-likeness (QED) is 0.717. The summed E-state index contributed by atoms with van der Waals surface area (Å²) in [7, 11) is 0. The molecule has 0 fully saturated rings. The zero-order valence-corrected chi connectivity index (χ0v) is 8.37. The van der Waals surface area contributed by atoms with Gasteiger partial charge in [0.1, 0.15) is 11.5 Å². The lowest BCUT2D eigenvalue weighted by Crippen LogP contribution is -2.06. The van der Waals surface area contributed by atoms with Crippen molar-refractivity contribution in [2.75, 3.05) is 0 Å². The minimum absolute atomic E-state index is 0.147. The van der Waals surface area contributed by atoms with Crippen molar-refractivity contribution in [3.63, 3.8) is 0 Å². The molecular weight excluding hydrogens is 236 g/mol. The first-order chi connectivity index (χ1) is 7.98. The fraction of sp³-hybridized carbons (Fsp3) is 0.0909. The molecule has 0 bridgehead atoms. The monoisotopic (exact) mass is 242 g/mol. The van der Waals surface area contributed by atoms with Crippen LogP contribution in [0.1, 0.15) is 5.56 Å². The lowest BCUT2D eigenvalue weighted by molar-refractivity contribution is -0.138. The second-order valence-electron chi connectivity index (χ2n) is 3.29. The number of hydrogen-bond acceptors (Lipinski definition) is 2. The van der Waals surface area contributed by atoms with Crippen LogP contribution < -0.4 is 0 Å². The van der Waals surface area contributed by atoms with Crippen LogP contribution in [0.4, 0.5) is 17.6 Å². The standard InChI is InChI=1S/C11H6F4N2/c12-9-4-8(11(13,14)15)6-17-10(9)7-2-1-3-16-5-7/h1-6H. The molecule has 0 radical (unpaired) electrons. The summed E-state index contributed by atoms with van der Waals surface area (Å²) in [5, 5.41) is 0. The highest BCUT2D eigenvalue weighted by atomic mass is 19.4. The number of nitrogens with zero attached hydrogens (tertiary/aromatic N) is 2. The molecule has 0 spiro atoms. The third-order valence-corrected chi connectivity index (χ3v) is 2.10. The summed E-state index contributed by atoms with van der Waals surface area (Å²) in [6.45, 7) is 0. The Labute approximate surface area is 94.0 Å². The van der Waals surface area contributed by atoms with E-state index in [1.54, 1.807) is 6.07 Å². The van der Waals surface area contributed by atoms with E-state index in [0.717, 1.165) is 0 Å². The van der Waals surface area contributed by atoms with Gasteiger partial charge in [-0.3, -0.25) is 9.97 Å². The molecule has 0 aliphatic carbocycles. The van der Waals surface area contributed by atoms with Crippen molar-refractivity contribution in [2.45, 2.75) is 6.18 Å². The maximum atomic E-state index is 13.5. The van der Waals surface area contributed by atoms with Crippen LogP contribution in [-0.4, -0.2) is 9.97 Å². The predicted molar refractivity (Wildman–Crippen MR) is 52.4 cm³/mol. The summed E-state index contributed by atoms with van der Waals surface area (Å²) in [6, 6.07) is 3.50. The molecule has 2 heterocycles. The van der Waals surface area contributed by atoms with E-state index in [1.807, 2.05) is 0 Å². The first-order valence-corrected chi connectivity index (χ1v) is 4.61. The summed E-state index contributed by atoms with van der Waals surface area (Å²) in [5.74, 6) is -1.02. The summed E-state index contributed by atoms with van der Waals surface area (Å²) in [5.41, 5.74) is -0.924. The van der Waals surface area contributed by atoms with Gasteiger partial charge in [-0.05, 0) is 18.2 Å². The normalized spacial score (nSPS) is 11.5. The van der Waals surface area contributed by atoms with E-state index in [-0.39, 0.29) is 5.69 Å². The minimum Gasteiger partial charge on any atom is -0.264 e. The van der Waals surface area contributed by atoms with E-state index in [1.165, 1.54) is 18.5 Å². The average Bonchev–Trinajstić information content (AvgIpc) is 2.29. The zero-order valence-electron chi connectivity index (χ0n) is 8.37. The summed E-state index contributed by atoms with van der Waals surface area (Å²) >= 11 is 0. The lowest BCUT2D eigenvalue weighted by atomic mass is 10.1. The van der Waals surface area contributed by atoms with E-state index < -0.39 is 17.6 Å². The number of aromatic nitrogens is 2. The topological polar surface area (TPSA) is 25.8 Å². The van der Waals surface area contributed by atoms with Gasteiger partial charge in [0.25, 0.3) is 0 Å². The van der Waals surface area contributed by atoms with Gasteiger partial charge in [0, 0.05) is 24.2 Å². The van der Waals surface area contributed by atoms with Gasteiger partial charge in [0.15, 0.2) is 0 Å². The molecule has 0 amide bonds. The molecule has 0 aromatic carbocycles. The van der Waals surface area contributed by atoms with E-state index in [4.69, 9.17) is 0 Å². The van der Waals surface area contributed by atoms with Crippen molar-refractivity contribution in [3.05, 3.63) is 48.2 Å². The van der Waals surface area contributed by atoms with Gasteiger partial charge >= 0.3 is 6.18 Å². The molecule has 0 atom stereocenters. The van der Waals surface area contributed by atoms with Crippen LogP contribution in [0.25, 0.3) is 11.3 Å². The molecule has 0 saturated heterocycles. The molecule has 0 aliphatic heterocycles. The predicted octanol–water partition coefficient (Wildman–Crippen LogP) is 3.30. The highest BCUT2D eigenvalue weighted by Gasteiger charge is 2.31. The van der Waals surface area contributed by atoms with Crippen molar-refractivity contribution in [1.82, 2.24) is 9.97 Å². The first kappa shape index (κ1) is 11.5. The molecule has 2 rings (SSSR count). The molecule has 2 aromatic heterocycles. The summed E-state index contributed by atoms with van der Waals surface area (Å²) < 4.78 is 50.3. The van der Waals surface area contributed by atoms with E-state index in [0.29, 0.717) is 17.8 Å². The SMILES string of the molecule is Fc1cc(C(F)(F)F)cnc1-c1cccnc1. The lowest BCUT2D eigenvalue weighted by Gasteiger charge is -2.08. The van der Waals surface area contributed by atoms with Crippen molar-refractivity contribution >= 4 is 0 Å². The molecule has 88 valence electrons. The molecule has 2 nitrogen and oxygen atoms in total. The molecule has 0 N–H and O–H groups in total. The van der Waals surface area contributed by atoms with Crippen LogP contribution >= 0.6 is 0 Å². The highest BCUT2D eigenvalue weighted by molar-refractivity contribution is 5.58. The Morgan fingerprint density at radius 3 is 2.41 bits per heavy atom. The number of rotatable bonds is 1. The average molecular weight is 242 g/mol. The molecule has 6 heteroatoms. The highest BCUT2D eigenvalue weighted by Crippen LogP contribution is 2.31. The molecule has 17 heavy (non-hydrogen) atoms.